The van der Waals surface area contributed by atoms with E-state index in [1.54, 1.807) is 11.9 Å². The zero-order valence-corrected chi connectivity index (χ0v) is 11.2. The van der Waals surface area contributed by atoms with Crippen molar-refractivity contribution in [1.82, 2.24) is 15.1 Å². The van der Waals surface area contributed by atoms with Crippen molar-refractivity contribution in [1.29, 1.82) is 0 Å². The largest absolute Gasteiger partial charge is 0.395 e. The van der Waals surface area contributed by atoms with E-state index in [4.69, 9.17) is 5.11 Å². The third-order valence-electron chi connectivity index (χ3n) is 3.19. The van der Waals surface area contributed by atoms with Crippen LogP contribution in [0.4, 0.5) is 5.13 Å². The van der Waals surface area contributed by atoms with Gasteiger partial charge in [-0.25, -0.2) is 0 Å². The van der Waals surface area contributed by atoms with Gasteiger partial charge in [-0.3, -0.25) is 4.79 Å². The third kappa shape index (κ3) is 2.78. The first kappa shape index (κ1) is 13.2. The van der Waals surface area contributed by atoms with Crippen LogP contribution in [0, 0.1) is 0 Å². The molecule has 18 heavy (non-hydrogen) atoms. The highest BCUT2D eigenvalue weighted by Crippen LogP contribution is 2.26. The van der Waals surface area contributed by atoms with Crippen LogP contribution in [0.3, 0.4) is 0 Å². The molecule has 100 valence electrons. The first-order valence-corrected chi connectivity index (χ1v) is 7.01. The molecule has 1 aliphatic carbocycles. The molecule has 2 N–H and O–H groups in total. The average molecular weight is 270 g/mol. The molecule has 0 bridgehead atoms. The zero-order valence-electron chi connectivity index (χ0n) is 10.4. The summed E-state index contributed by atoms with van der Waals surface area (Å²) >= 11 is 1.25. The maximum absolute atomic E-state index is 12.3. The maximum atomic E-state index is 12.3. The molecule has 6 nitrogen and oxygen atoms in total. The molecule has 1 aromatic rings. The second kappa shape index (κ2) is 6.10. The van der Waals surface area contributed by atoms with Crippen molar-refractivity contribution in [3.05, 3.63) is 5.01 Å². The summed E-state index contributed by atoms with van der Waals surface area (Å²) in [5.74, 6) is -0.116. The Kier molecular flexibility index (Phi) is 4.48. The molecule has 0 radical (unpaired) electrons. The summed E-state index contributed by atoms with van der Waals surface area (Å²) in [6.45, 7) is 0.359. The fraction of sp³-hybridized carbons (Fsp3) is 0.727. The lowest BCUT2D eigenvalue weighted by molar-refractivity contribution is 0.0637. The summed E-state index contributed by atoms with van der Waals surface area (Å²) < 4.78 is 0. The van der Waals surface area contributed by atoms with Crippen molar-refractivity contribution < 1.29 is 9.90 Å². The van der Waals surface area contributed by atoms with Gasteiger partial charge in [0.2, 0.25) is 10.1 Å². The van der Waals surface area contributed by atoms with Gasteiger partial charge >= 0.3 is 0 Å². The Labute approximate surface area is 110 Å². The van der Waals surface area contributed by atoms with Crippen LogP contribution >= 0.6 is 11.3 Å². The Hall–Kier alpha value is -1.21. The number of amides is 1. The normalized spacial score (nSPS) is 15.9. The van der Waals surface area contributed by atoms with E-state index in [1.807, 2.05) is 0 Å². The van der Waals surface area contributed by atoms with Gasteiger partial charge in [0.1, 0.15) is 0 Å². The molecule has 1 amide bonds. The SMILES string of the molecule is CNc1nnc(C(=O)N(CCO)C2CCCC2)s1. The highest BCUT2D eigenvalue weighted by atomic mass is 32.1. The summed E-state index contributed by atoms with van der Waals surface area (Å²) in [7, 11) is 1.75. The molecular weight excluding hydrogens is 252 g/mol. The summed E-state index contributed by atoms with van der Waals surface area (Å²) in [5.41, 5.74) is 0. The quantitative estimate of drug-likeness (QED) is 0.833. The summed E-state index contributed by atoms with van der Waals surface area (Å²) in [6.07, 6.45) is 4.34. The summed E-state index contributed by atoms with van der Waals surface area (Å²) in [6, 6.07) is 0.242. The number of aliphatic hydroxyl groups is 1. The summed E-state index contributed by atoms with van der Waals surface area (Å²) in [4.78, 5) is 14.1. The number of carbonyl (C=O) groups is 1. The monoisotopic (exact) mass is 270 g/mol. The number of hydrogen-bond acceptors (Lipinski definition) is 6. The highest BCUT2D eigenvalue weighted by Gasteiger charge is 2.28. The molecular formula is C11H18N4O2S. The minimum absolute atomic E-state index is 0.0140. The standard InChI is InChI=1S/C11H18N4O2S/c1-12-11-14-13-9(18-11)10(17)15(6-7-16)8-4-2-3-5-8/h8,16H,2-7H2,1H3,(H,12,14). The molecule has 1 saturated carbocycles. The number of rotatable bonds is 5. The van der Waals surface area contributed by atoms with Crippen molar-refractivity contribution >= 4 is 22.4 Å². The second-order valence-corrected chi connectivity index (χ2v) is 5.30. The zero-order chi connectivity index (χ0) is 13.0. The van der Waals surface area contributed by atoms with Gasteiger partial charge in [0.25, 0.3) is 5.91 Å². The van der Waals surface area contributed by atoms with E-state index in [0.717, 1.165) is 25.7 Å². The lowest BCUT2D eigenvalue weighted by Gasteiger charge is -2.27. The first-order chi connectivity index (χ1) is 8.76. The Morgan fingerprint density at radius 3 is 2.78 bits per heavy atom. The van der Waals surface area contributed by atoms with Gasteiger partial charge < -0.3 is 15.3 Å². The lowest BCUT2D eigenvalue weighted by atomic mass is 10.2. The molecule has 2 rings (SSSR count). The number of aliphatic hydroxyl groups excluding tert-OH is 1. The van der Waals surface area contributed by atoms with Gasteiger partial charge in [0.15, 0.2) is 0 Å². The van der Waals surface area contributed by atoms with Crippen molar-refractivity contribution in [3.8, 4) is 0 Å². The van der Waals surface area contributed by atoms with Crippen LogP contribution in [-0.4, -0.2) is 52.4 Å². The van der Waals surface area contributed by atoms with Crippen molar-refractivity contribution in [2.24, 2.45) is 0 Å². The van der Waals surface area contributed by atoms with Gasteiger partial charge in [-0.2, -0.15) is 0 Å². The van der Waals surface area contributed by atoms with Crippen LogP contribution in [0.5, 0.6) is 0 Å². The number of aromatic nitrogens is 2. The van der Waals surface area contributed by atoms with E-state index in [2.05, 4.69) is 15.5 Å². The molecule has 0 unspecified atom stereocenters. The number of nitrogens with zero attached hydrogens (tertiary/aromatic N) is 3. The molecule has 0 aliphatic heterocycles. The van der Waals surface area contributed by atoms with Crippen LogP contribution < -0.4 is 5.32 Å². The fourth-order valence-corrected chi connectivity index (χ4v) is 2.96. The Bertz CT molecular complexity index is 404. The molecule has 0 saturated heterocycles. The first-order valence-electron chi connectivity index (χ1n) is 6.19. The summed E-state index contributed by atoms with van der Waals surface area (Å²) in [5, 5.41) is 20.8. The van der Waals surface area contributed by atoms with Crippen LogP contribution in [-0.2, 0) is 0 Å². The number of nitrogens with one attached hydrogen (secondary N) is 1. The minimum Gasteiger partial charge on any atom is -0.395 e. The van der Waals surface area contributed by atoms with Crippen LogP contribution in [0.1, 0.15) is 35.5 Å². The number of anilines is 1. The van der Waals surface area contributed by atoms with Gasteiger partial charge in [0, 0.05) is 19.6 Å². The van der Waals surface area contributed by atoms with E-state index >= 15 is 0 Å². The van der Waals surface area contributed by atoms with E-state index in [-0.39, 0.29) is 18.6 Å². The van der Waals surface area contributed by atoms with Gasteiger partial charge in [0.05, 0.1) is 6.61 Å². The predicted molar refractivity (Wildman–Crippen MR) is 69.8 cm³/mol. The number of hydrogen-bond donors (Lipinski definition) is 2. The van der Waals surface area contributed by atoms with Crippen LogP contribution in [0.15, 0.2) is 0 Å². The second-order valence-electron chi connectivity index (χ2n) is 4.32. The molecule has 0 spiro atoms. The third-order valence-corrected chi connectivity index (χ3v) is 4.12. The van der Waals surface area contributed by atoms with Gasteiger partial charge in [-0.1, -0.05) is 24.2 Å². The molecule has 1 heterocycles. The smallest absolute Gasteiger partial charge is 0.285 e. The maximum Gasteiger partial charge on any atom is 0.285 e. The topological polar surface area (TPSA) is 78.4 Å². The van der Waals surface area contributed by atoms with E-state index in [1.165, 1.54) is 11.3 Å². The van der Waals surface area contributed by atoms with E-state index in [9.17, 15) is 4.79 Å². The molecule has 0 atom stereocenters. The lowest BCUT2D eigenvalue weighted by Crippen LogP contribution is -2.40. The fourth-order valence-electron chi connectivity index (χ4n) is 2.31. The van der Waals surface area contributed by atoms with E-state index in [0.29, 0.717) is 16.7 Å². The van der Waals surface area contributed by atoms with Crippen LogP contribution in [0.25, 0.3) is 0 Å². The van der Waals surface area contributed by atoms with Crippen molar-refractivity contribution in [2.75, 3.05) is 25.5 Å². The van der Waals surface area contributed by atoms with Crippen molar-refractivity contribution in [3.63, 3.8) is 0 Å². The predicted octanol–water partition coefficient (Wildman–Crippen LogP) is 0.957. The van der Waals surface area contributed by atoms with E-state index < -0.39 is 0 Å². The molecule has 7 heteroatoms. The highest BCUT2D eigenvalue weighted by molar-refractivity contribution is 7.17. The molecule has 1 fully saturated rings. The average Bonchev–Trinajstić information content (AvgIpc) is 3.05. The Morgan fingerprint density at radius 1 is 1.50 bits per heavy atom. The molecule has 1 aliphatic rings. The van der Waals surface area contributed by atoms with Gasteiger partial charge in [-0.15, -0.1) is 10.2 Å². The van der Waals surface area contributed by atoms with Gasteiger partial charge in [-0.05, 0) is 12.8 Å². The minimum atomic E-state index is -0.116. The van der Waals surface area contributed by atoms with Crippen molar-refractivity contribution in [2.45, 2.75) is 31.7 Å². The van der Waals surface area contributed by atoms with Crippen LogP contribution in [0.2, 0.25) is 0 Å². The Balaban J connectivity index is 2.11. The Morgan fingerprint density at radius 2 is 2.22 bits per heavy atom. The molecule has 1 aromatic heterocycles. The number of carbonyl (C=O) groups excluding carboxylic acids is 1. The molecule has 0 aromatic carbocycles.